The summed E-state index contributed by atoms with van der Waals surface area (Å²) in [5.41, 5.74) is 3.95. The second-order valence-corrected chi connectivity index (χ2v) is 4.43. The van der Waals surface area contributed by atoms with Crippen molar-refractivity contribution in [2.24, 2.45) is 0 Å². The lowest BCUT2D eigenvalue weighted by Gasteiger charge is -2.08. The predicted molar refractivity (Wildman–Crippen MR) is 63.0 cm³/mol. The fourth-order valence-corrected chi connectivity index (χ4v) is 2.56. The maximum absolute atomic E-state index is 13.1. The van der Waals surface area contributed by atoms with E-state index in [0.29, 0.717) is 5.92 Å². The molecule has 0 aliphatic heterocycles. The zero-order valence-corrected chi connectivity index (χ0v) is 8.99. The van der Waals surface area contributed by atoms with Crippen LogP contribution < -0.4 is 0 Å². The van der Waals surface area contributed by atoms with Crippen LogP contribution in [0.25, 0.3) is 0 Å². The molecule has 2 aromatic rings. The maximum atomic E-state index is 13.1. The minimum Gasteiger partial charge on any atom is -0.207 e. The molecule has 0 fully saturated rings. The molecule has 0 spiro atoms. The molecule has 0 radical (unpaired) electrons. The lowest BCUT2D eigenvalue weighted by Crippen LogP contribution is -1.97. The van der Waals surface area contributed by atoms with E-state index in [9.17, 15) is 4.39 Å². The fraction of sp³-hybridized carbons (Fsp3) is 0.200. The minimum atomic E-state index is -0.131. The molecule has 3 rings (SSSR count). The van der Waals surface area contributed by atoms with Crippen LogP contribution in [-0.4, -0.2) is 0 Å². The zero-order valence-electron chi connectivity index (χ0n) is 8.99. The van der Waals surface area contributed by atoms with Crippen molar-refractivity contribution in [1.82, 2.24) is 0 Å². The molecular formula is C15H13F. The SMILES string of the molecule is Fc1cccc(C2Cc3ccccc3C2)c1. The quantitative estimate of drug-likeness (QED) is 0.676. The highest BCUT2D eigenvalue weighted by Crippen LogP contribution is 2.33. The summed E-state index contributed by atoms with van der Waals surface area (Å²) in [5, 5.41) is 0. The first-order valence-corrected chi connectivity index (χ1v) is 5.65. The van der Waals surface area contributed by atoms with Gasteiger partial charge in [0.1, 0.15) is 5.82 Å². The normalized spacial score (nSPS) is 15.1. The Morgan fingerprint density at radius 1 is 0.875 bits per heavy atom. The number of rotatable bonds is 1. The molecule has 80 valence electrons. The smallest absolute Gasteiger partial charge is 0.123 e. The van der Waals surface area contributed by atoms with Crippen LogP contribution in [-0.2, 0) is 12.8 Å². The highest BCUT2D eigenvalue weighted by atomic mass is 19.1. The molecule has 0 amide bonds. The topological polar surface area (TPSA) is 0 Å². The van der Waals surface area contributed by atoms with E-state index in [1.165, 1.54) is 17.2 Å². The van der Waals surface area contributed by atoms with E-state index in [0.717, 1.165) is 18.4 Å². The van der Waals surface area contributed by atoms with Crippen molar-refractivity contribution >= 4 is 0 Å². The Balaban J connectivity index is 1.91. The van der Waals surface area contributed by atoms with Crippen molar-refractivity contribution in [2.75, 3.05) is 0 Å². The van der Waals surface area contributed by atoms with Crippen LogP contribution in [0.5, 0.6) is 0 Å². The number of hydrogen-bond acceptors (Lipinski definition) is 0. The number of fused-ring (bicyclic) bond motifs is 1. The molecule has 1 aliphatic carbocycles. The van der Waals surface area contributed by atoms with Gasteiger partial charge in [-0.3, -0.25) is 0 Å². The molecule has 0 saturated carbocycles. The van der Waals surface area contributed by atoms with E-state index < -0.39 is 0 Å². The van der Waals surface area contributed by atoms with E-state index in [-0.39, 0.29) is 5.82 Å². The van der Waals surface area contributed by atoms with Gasteiger partial charge in [-0.15, -0.1) is 0 Å². The Bertz CT molecular complexity index is 491. The number of hydrogen-bond donors (Lipinski definition) is 0. The molecule has 0 nitrogen and oxygen atoms in total. The van der Waals surface area contributed by atoms with Gasteiger partial charge < -0.3 is 0 Å². The van der Waals surface area contributed by atoms with Crippen molar-refractivity contribution < 1.29 is 4.39 Å². The summed E-state index contributed by atoms with van der Waals surface area (Å²) in [5.74, 6) is 0.321. The first-order chi connectivity index (χ1) is 7.83. The molecule has 0 unspecified atom stereocenters. The minimum absolute atomic E-state index is 0.131. The third-order valence-corrected chi connectivity index (χ3v) is 3.37. The van der Waals surface area contributed by atoms with E-state index in [1.807, 2.05) is 6.07 Å². The van der Waals surface area contributed by atoms with Crippen LogP contribution in [0.3, 0.4) is 0 Å². The molecule has 1 heteroatoms. The van der Waals surface area contributed by atoms with Crippen molar-refractivity contribution in [3.05, 3.63) is 71.0 Å². The summed E-state index contributed by atoms with van der Waals surface area (Å²) in [6.45, 7) is 0. The molecule has 0 N–H and O–H groups in total. The van der Waals surface area contributed by atoms with Gasteiger partial charge in [0.05, 0.1) is 0 Å². The largest absolute Gasteiger partial charge is 0.207 e. The second kappa shape index (κ2) is 3.75. The highest BCUT2D eigenvalue weighted by Gasteiger charge is 2.22. The summed E-state index contributed by atoms with van der Waals surface area (Å²) in [6, 6.07) is 15.5. The van der Waals surface area contributed by atoms with E-state index >= 15 is 0 Å². The summed E-state index contributed by atoms with van der Waals surface area (Å²) < 4.78 is 13.1. The molecule has 0 saturated heterocycles. The summed E-state index contributed by atoms with van der Waals surface area (Å²) >= 11 is 0. The fourth-order valence-electron chi connectivity index (χ4n) is 2.56. The number of halogens is 1. The van der Waals surface area contributed by atoms with E-state index in [2.05, 4.69) is 24.3 Å². The molecule has 0 heterocycles. The highest BCUT2D eigenvalue weighted by molar-refractivity contribution is 5.37. The molecule has 0 atom stereocenters. The predicted octanol–water partition coefficient (Wildman–Crippen LogP) is 3.71. The summed E-state index contributed by atoms with van der Waals surface area (Å²) in [4.78, 5) is 0. The second-order valence-electron chi connectivity index (χ2n) is 4.43. The van der Waals surface area contributed by atoms with Crippen molar-refractivity contribution in [3.8, 4) is 0 Å². The third-order valence-electron chi connectivity index (χ3n) is 3.37. The Morgan fingerprint density at radius 2 is 1.56 bits per heavy atom. The third kappa shape index (κ3) is 1.63. The summed E-state index contributed by atoms with van der Waals surface area (Å²) in [7, 11) is 0. The Morgan fingerprint density at radius 3 is 2.19 bits per heavy atom. The van der Waals surface area contributed by atoms with Crippen LogP contribution >= 0.6 is 0 Å². The van der Waals surface area contributed by atoms with Crippen LogP contribution in [0.2, 0.25) is 0 Å². The molecule has 1 aliphatic rings. The molecule has 0 bridgehead atoms. The van der Waals surface area contributed by atoms with Crippen LogP contribution in [0, 0.1) is 5.82 Å². The van der Waals surface area contributed by atoms with Gasteiger partial charge in [0.2, 0.25) is 0 Å². The summed E-state index contributed by atoms with van der Waals surface area (Å²) in [6.07, 6.45) is 2.08. The molecule has 16 heavy (non-hydrogen) atoms. The van der Waals surface area contributed by atoms with Crippen molar-refractivity contribution in [3.63, 3.8) is 0 Å². The van der Waals surface area contributed by atoms with Gasteiger partial charge in [-0.25, -0.2) is 4.39 Å². The van der Waals surface area contributed by atoms with Crippen molar-refractivity contribution in [1.29, 1.82) is 0 Å². The van der Waals surface area contributed by atoms with E-state index in [1.54, 1.807) is 12.1 Å². The van der Waals surface area contributed by atoms with Gasteiger partial charge in [0.15, 0.2) is 0 Å². The first-order valence-electron chi connectivity index (χ1n) is 5.65. The van der Waals surface area contributed by atoms with Gasteiger partial charge in [0, 0.05) is 0 Å². The van der Waals surface area contributed by atoms with Gasteiger partial charge in [-0.1, -0.05) is 36.4 Å². The van der Waals surface area contributed by atoms with Gasteiger partial charge in [-0.2, -0.15) is 0 Å². The van der Waals surface area contributed by atoms with Crippen LogP contribution in [0.15, 0.2) is 48.5 Å². The lowest BCUT2D eigenvalue weighted by molar-refractivity contribution is 0.620. The standard InChI is InChI=1S/C15H13F/c16-15-7-3-6-13(10-15)14-8-11-4-1-2-5-12(11)9-14/h1-7,10,14H,8-9H2. The average Bonchev–Trinajstić information content (AvgIpc) is 2.72. The molecule has 0 aromatic heterocycles. The molecule has 2 aromatic carbocycles. The van der Waals surface area contributed by atoms with Gasteiger partial charge >= 0.3 is 0 Å². The van der Waals surface area contributed by atoms with E-state index in [4.69, 9.17) is 0 Å². The Hall–Kier alpha value is -1.63. The van der Waals surface area contributed by atoms with Gasteiger partial charge in [-0.05, 0) is 47.6 Å². The Labute approximate surface area is 94.7 Å². The lowest BCUT2D eigenvalue weighted by atomic mass is 9.96. The van der Waals surface area contributed by atoms with Crippen LogP contribution in [0.1, 0.15) is 22.6 Å². The van der Waals surface area contributed by atoms with Crippen molar-refractivity contribution in [2.45, 2.75) is 18.8 Å². The zero-order chi connectivity index (χ0) is 11.0. The number of benzene rings is 2. The van der Waals surface area contributed by atoms with Gasteiger partial charge in [0.25, 0.3) is 0 Å². The average molecular weight is 212 g/mol. The van der Waals surface area contributed by atoms with Crippen LogP contribution in [0.4, 0.5) is 4.39 Å². The monoisotopic (exact) mass is 212 g/mol. The Kier molecular flexibility index (Phi) is 2.24. The first kappa shape index (κ1) is 9.59. The maximum Gasteiger partial charge on any atom is 0.123 e. The molecular weight excluding hydrogens is 199 g/mol.